The van der Waals surface area contributed by atoms with Crippen LogP contribution in [-0.4, -0.2) is 10.9 Å². The molecule has 0 radical (unpaired) electrons. The van der Waals surface area contributed by atoms with Crippen molar-refractivity contribution in [2.24, 2.45) is 23.5 Å². The van der Waals surface area contributed by atoms with Crippen LogP contribution in [0.25, 0.3) is 10.2 Å². The SMILES string of the molecule is CC(C)C1Cc2cc3cc(C(N)=O)sc3nc2CC1C. The summed E-state index contributed by atoms with van der Waals surface area (Å²) >= 11 is 1.40. The first-order chi connectivity index (χ1) is 9.45. The molecule has 0 spiro atoms. The fraction of sp³-hybridized carbons (Fsp3) is 0.500. The van der Waals surface area contributed by atoms with Crippen molar-refractivity contribution in [2.45, 2.75) is 33.6 Å². The standard InChI is InChI=1S/C16H20N2OS/c1-8(2)12-6-10-5-11-7-14(15(17)19)20-16(11)18-13(10)4-9(12)3/h5,7-9,12H,4,6H2,1-3H3,(H2,17,19). The van der Waals surface area contributed by atoms with Gasteiger partial charge in [-0.1, -0.05) is 20.8 Å². The molecule has 0 saturated heterocycles. The largest absolute Gasteiger partial charge is 0.365 e. The molecule has 1 amide bonds. The van der Waals surface area contributed by atoms with Gasteiger partial charge in [0.25, 0.3) is 5.91 Å². The smallest absolute Gasteiger partial charge is 0.258 e. The number of fused-ring (bicyclic) bond motifs is 2. The monoisotopic (exact) mass is 288 g/mol. The van der Waals surface area contributed by atoms with Crippen molar-refractivity contribution in [1.82, 2.24) is 4.98 Å². The molecule has 4 heteroatoms. The molecule has 20 heavy (non-hydrogen) atoms. The second kappa shape index (κ2) is 4.85. The summed E-state index contributed by atoms with van der Waals surface area (Å²) in [7, 11) is 0. The van der Waals surface area contributed by atoms with Gasteiger partial charge in [-0.25, -0.2) is 4.98 Å². The number of primary amides is 1. The van der Waals surface area contributed by atoms with Gasteiger partial charge in [-0.05, 0) is 48.3 Å². The molecular weight excluding hydrogens is 268 g/mol. The zero-order chi connectivity index (χ0) is 14.4. The fourth-order valence-electron chi connectivity index (χ4n) is 3.33. The number of hydrogen-bond donors (Lipinski definition) is 1. The Balaban J connectivity index is 2.06. The molecule has 1 aliphatic carbocycles. The third kappa shape index (κ3) is 2.22. The topological polar surface area (TPSA) is 56.0 Å². The molecule has 3 rings (SSSR count). The molecule has 2 aromatic heterocycles. The predicted molar refractivity (Wildman–Crippen MR) is 83.0 cm³/mol. The van der Waals surface area contributed by atoms with Gasteiger partial charge < -0.3 is 5.73 Å². The Morgan fingerprint density at radius 3 is 2.80 bits per heavy atom. The maximum Gasteiger partial charge on any atom is 0.258 e. The summed E-state index contributed by atoms with van der Waals surface area (Å²) < 4.78 is 0. The van der Waals surface area contributed by atoms with E-state index in [-0.39, 0.29) is 5.91 Å². The summed E-state index contributed by atoms with van der Waals surface area (Å²) in [6.45, 7) is 6.92. The molecule has 0 fully saturated rings. The van der Waals surface area contributed by atoms with Gasteiger partial charge in [0.2, 0.25) is 0 Å². The summed E-state index contributed by atoms with van der Waals surface area (Å²) in [6, 6.07) is 4.08. The highest BCUT2D eigenvalue weighted by Gasteiger charge is 2.28. The van der Waals surface area contributed by atoms with Gasteiger partial charge in [-0.2, -0.15) is 0 Å². The number of rotatable bonds is 2. The average molecular weight is 288 g/mol. The third-order valence-electron chi connectivity index (χ3n) is 4.48. The van der Waals surface area contributed by atoms with Crippen LogP contribution in [0.5, 0.6) is 0 Å². The average Bonchev–Trinajstić information content (AvgIpc) is 2.78. The number of nitrogens with zero attached hydrogens (tertiary/aromatic N) is 1. The Bertz CT molecular complexity index is 674. The summed E-state index contributed by atoms with van der Waals surface area (Å²) in [6.07, 6.45) is 2.14. The molecule has 3 nitrogen and oxygen atoms in total. The molecule has 1 aliphatic rings. The van der Waals surface area contributed by atoms with E-state index in [9.17, 15) is 4.79 Å². The van der Waals surface area contributed by atoms with E-state index in [0.29, 0.717) is 16.7 Å². The van der Waals surface area contributed by atoms with Gasteiger partial charge >= 0.3 is 0 Å². The quantitative estimate of drug-likeness (QED) is 0.920. The molecule has 0 aromatic carbocycles. The Labute approximate surface area is 123 Å². The van der Waals surface area contributed by atoms with Crippen LogP contribution in [0.1, 0.15) is 41.7 Å². The fourth-order valence-corrected chi connectivity index (χ4v) is 4.22. The number of hydrogen-bond acceptors (Lipinski definition) is 3. The maximum absolute atomic E-state index is 11.3. The van der Waals surface area contributed by atoms with E-state index < -0.39 is 0 Å². The van der Waals surface area contributed by atoms with Crippen LogP contribution < -0.4 is 5.73 Å². The van der Waals surface area contributed by atoms with Crippen LogP contribution in [-0.2, 0) is 12.8 Å². The van der Waals surface area contributed by atoms with Gasteiger partial charge in [-0.3, -0.25) is 4.79 Å². The summed E-state index contributed by atoms with van der Waals surface area (Å²) in [5.41, 5.74) is 7.92. The number of aromatic nitrogens is 1. The Morgan fingerprint density at radius 1 is 1.40 bits per heavy atom. The zero-order valence-electron chi connectivity index (χ0n) is 12.1. The van der Waals surface area contributed by atoms with Gasteiger partial charge in [0.15, 0.2) is 0 Å². The lowest BCUT2D eigenvalue weighted by Gasteiger charge is -2.33. The maximum atomic E-state index is 11.3. The van der Waals surface area contributed by atoms with Gasteiger partial charge in [-0.15, -0.1) is 11.3 Å². The van der Waals surface area contributed by atoms with Crippen molar-refractivity contribution in [3.8, 4) is 0 Å². The van der Waals surface area contributed by atoms with E-state index in [1.54, 1.807) is 0 Å². The first kappa shape index (κ1) is 13.6. The summed E-state index contributed by atoms with van der Waals surface area (Å²) in [5.74, 6) is 1.72. The van der Waals surface area contributed by atoms with Gasteiger partial charge in [0.05, 0.1) is 4.88 Å². The Kier molecular flexibility index (Phi) is 3.28. The summed E-state index contributed by atoms with van der Waals surface area (Å²) in [5, 5.41) is 1.06. The van der Waals surface area contributed by atoms with Crippen LogP contribution >= 0.6 is 11.3 Å². The van der Waals surface area contributed by atoms with E-state index in [2.05, 4.69) is 26.8 Å². The lowest BCUT2D eigenvalue weighted by Crippen LogP contribution is -2.27. The predicted octanol–water partition coefficient (Wildman–Crippen LogP) is 3.40. The lowest BCUT2D eigenvalue weighted by atomic mass is 9.73. The molecule has 0 aliphatic heterocycles. The van der Waals surface area contributed by atoms with Crippen LogP contribution in [0, 0.1) is 17.8 Å². The van der Waals surface area contributed by atoms with Crippen LogP contribution in [0.4, 0.5) is 0 Å². The highest BCUT2D eigenvalue weighted by Crippen LogP contribution is 2.36. The Hall–Kier alpha value is -1.42. The van der Waals surface area contributed by atoms with E-state index in [1.807, 2.05) is 6.07 Å². The van der Waals surface area contributed by atoms with Crippen molar-refractivity contribution in [3.63, 3.8) is 0 Å². The molecule has 2 heterocycles. The lowest BCUT2D eigenvalue weighted by molar-refractivity contribution is 0.100. The number of nitrogens with two attached hydrogens (primary N) is 1. The van der Waals surface area contributed by atoms with E-state index in [4.69, 9.17) is 10.7 Å². The first-order valence-electron chi connectivity index (χ1n) is 7.18. The second-order valence-corrected chi connectivity index (χ2v) is 7.29. The van der Waals surface area contributed by atoms with E-state index in [0.717, 1.165) is 29.0 Å². The normalized spacial score (nSPS) is 22.2. The minimum atomic E-state index is -0.362. The van der Waals surface area contributed by atoms with Crippen molar-refractivity contribution in [3.05, 3.63) is 28.3 Å². The third-order valence-corrected chi connectivity index (χ3v) is 5.54. The van der Waals surface area contributed by atoms with E-state index in [1.165, 1.54) is 22.6 Å². The minimum Gasteiger partial charge on any atom is -0.365 e. The van der Waals surface area contributed by atoms with Crippen molar-refractivity contribution in [1.29, 1.82) is 0 Å². The van der Waals surface area contributed by atoms with Crippen molar-refractivity contribution in [2.75, 3.05) is 0 Å². The first-order valence-corrected chi connectivity index (χ1v) is 7.99. The van der Waals surface area contributed by atoms with Crippen molar-refractivity contribution < 1.29 is 4.79 Å². The molecule has 0 bridgehead atoms. The minimum absolute atomic E-state index is 0.362. The molecule has 106 valence electrons. The van der Waals surface area contributed by atoms with Gasteiger partial charge in [0, 0.05) is 11.1 Å². The molecule has 2 atom stereocenters. The second-order valence-electron chi connectivity index (χ2n) is 6.26. The molecule has 2 N–H and O–H groups in total. The number of carbonyl (C=O) groups excluding carboxylic acids is 1. The number of pyridine rings is 1. The van der Waals surface area contributed by atoms with Crippen molar-refractivity contribution >= 4 is 27.5 Å². The molecular formula is C16H20N2OS. The van der Waals surface area contributed by atoms with E-state index >= 15 is 0 Å². The zero-order valence-corrected chi connectivity index (χ0v) is 13.0. The molecule has 0 saturated carbocycles. The van der Waals surface area contributed by atoms with Crippen LogP contribution in [0.15, 0.2) is 12.1 Å². The van der Waals surface area contributed by atoms with Crippen LogP contribution in [0.3, 0.4) is 0 Å². The van der Waals surface area contributed by atoms with Gasteiger partial charge in [0.1, 0.15) is 4.83 Å². The van der Waals surface area contributed by atoms with Crippen LogP contribution in [0.2, 0.25) is 0 Å². The number of amides is 1. The highest BCUT2D eigenvalue weighted by molar-refractivity contribution is 7.20. The highest BCUT2D eigenvalue weighted by atomic mass is 32.1. The molecule has 2 aromatic rings. The summed E-state index contributed by atoms with van der Waals surface area (Å²) in [4.78, 5) is 17.6. The Morgan fingerprint density at radius 2 is 2.15 bits per heavy atom. The number of thiophene rings is 1. The number of carbonyl (C=O) groups is 1. The molecule has 2 unspecified atom stereocenters.